The first-order valence-corrected chi connectivity index (χ1v) is 7.63. The Bertz CT molecular complexity index is 281. The molecule has 1 aliphatic rings. The van der Waals surface area contributed by atoms with Gasteiger partial charge in [0.2, 0.25) is 0 Å². The lowest BCUT2D eigenvalue weighted by molar-refractivity contribution is -0.143. The zero-order chi connectivity index (χ0) is 14.5. The molecule has 1 fully saturated rings. The van der Waals surface area contributed by atoms with Gasteiger partial charge >= 0.3 is 5.97 Å². The minimum atomic E-state index is -0.0754. The maximum absolute atomic E-state index is 11.3. The lowest BCUT2D eigenvalue weighted by atomic mass is 9.63. The van der Waals surface area contributed by atoms with Gasteiger partial charge in [-0.3, -0.25) is 4.79 Å². The van der Waals surface area contributed by atoms with E-state index in [1.54, 1.807) is 0 Å². The van der Waals surface area contributed by atoms with Crippen LogP contribution in [0.3, 0.4) is 0 Å². The molecule has 0 saturated heterocycles. The average molecular weight is 269 g/mol. The van der Waals surface area contributed by atoms with Crippen molar-refractivity contribution >= 4 is 5.97 Å². The highest BCUT2D eigenvalue weighted by atomic mass is 16.5. The van der Waals surface area contributed by atoms with Crippen molar-refractivity contribution in [3.05, 3.63) is 0 Å². The summed E-state index contributed by atoms with van der Waals surface area (Å²) in [5.41, 5.74) is 0.834. The van der Waals surface area contributed by atoms with Gasteiger partial charge in [0.15, 0.2) is 0 Å². The van der Waals surface area contributed by atoms with E-state index in [2.05, 4.69) is 33.0 Å². The Morgan fingerprint density at radius 1 is 1.21 bits per heavy atom. The topological polar surface area (TPSA) is 38.3 Å². The molecule has 0 aromatic carbocycles. The van der Waals surface area contributed by atoms with Crippen LogP contribution in [0.2, 0.25) is 0 Å². The molecule has 0 aromatic heterocycles. The van der Waals surface area contributed by atoms with Crippen molar-refractivity contribution in [1.29, 1.82) is 0 Å². The van der Waals surface area contributed by atoms with Crippen molar-refractivity contribution in [3.63, 3.8) is 0 Å². The molecule has 1 aliphatic carbocycles. The van der Waals surface area contributed by atoms with E-state index in [1.165, 1.54) is 19.3 Å². The summed E-state index contributed by atoms with van der Waals surface area (Å²) in [6, 6.07) is 0.584. The molecule has 19 heavy (non-hydrogen) atoms. The zero-order valence-corrected chi connectivity index (χ0v) is 13.3. The summed E-state index contributed by atoms with van der Waals surface area (Å²) in [4.78, 5) is 11.3. The van der Waals surface area contributed by atoms with Crippen LogP contribution in [0.25, 0.3) is 0 Å². The zero-order valence-electron chi connectivity index (χ0n) is 13.3. The number of hydrogen-bond donors (Lipinski definition) is 1. The van der Waals surface area contributed by atoms with Crippen LogP contribution in [0, 0.1) is 10.8 Å². The normalized spacial score (nSPS) is 22.2. The van der Waals surface area contributed by atoms with Gasteiger partial charge in [-0.2, -0.15) is 0 Å². The van der Waals surface area contributed by atoms with Crippen LogP contribution < -0.4 is 5.32 Å². The van der Waals surface area contributed by atoms with Crippen molar-refractivity contribution in [2.24, 2.45) is 10.8 Å². The fourth-order valence-electron chi connectivity index (χ4n) is 3.76. The maximum Gasteiger partial charge on any atom is 0.305 e. The largest absolute Gasteiger partial charge is 0.466 e. The van der Waals surface area contributed by atoms with E-state index in [9.17, 15) is 4.79 Å². The fourth-order valence-corrected chi connectivity index (χ4v) is 3.76. The summed E-state index contributed by atoms with van der Waals surface area (Å²) in [5.74, 6) is -0.0754. The lowest BCUT2D eigenvalue weighted by Gasteiger charge is -2.45. The Balaban J connectivity index is 2.27. The van der Waals surface area contributed by atoms with Crippen molar-refractivity contribution < 1.29 is 9.53 Å². The number of esters is 1. The van der Waals surface area contributed by atoms with Crippen LogP contribution >= 0.6 is 0 Å². The molecule has 0 radical (unpaired) electrons. The van der Waals surface area contributed by atoms with Gasteiger partial charge in [0.1, 0.15) is 0 Å². The Hall–Kier alpha value is -0.570. The van der Waals surface area contributed by atoms with E-state index in [0.717, 1.165) is 13.0 Å². The second kappa shape index (κ2) is 6.74. The molecule has 1 saturated carbocycles. The molecule has 112 valence electrons. The minimum absolute atomic E-state index is 0.0754. The highest BCUT2D eigenvalue weighted by Gasteiger charge is 2.37. The molecule has 1 rings (SSSR count). The summed E-state index contributed by atoms with van der Waals surface area (Å²) >= 11 is 0. The van der Waals surface area contributed by atoms with E-state index >= 15 is 0 Å². The van der Waals surface area contributed by atoms with Gasteiger partial charge in [-0.15, -0.1) is 0 Å². The van der Waals surface area contributed by atoms with E-state index in [0.29, 0.717) is 29.9 Å². The van der Waals surface area contributed by atoms with Gasteiger partial charge in [-0.05, 0) is 50.0 Å². The maximum atomic E-state index is 11.3. The molecule has 0 bridgehead atoms. The number of ether oxygens (including phenoxy) is 1. The first kappa shape index (κ1) is 16.5. The molecule has 3 heteroatoms. The molecule has 0 atom stereocenters. The van der Waals surface area contributed by atoms with Crippen LogP contribution in [-0.4, -0.2) is 25.2 Å². The smallest absolute Gasteiger partial charge is 0.305 e. The SMILES string of the molecule is CCOC(=O)CCCNC1CC(C)(C)CC(C)(C)C1. The average Bonchev–Trinajstić information content (AvgIpc) is 2.20. The van der Waals surface area contributed by atoms with E-state index in [4.69, 9.17) is 4.74 Å². The summed E-state index contributed by atoms with van der Waals surface area (Å²) in [5, 5.41) is 3.62. The molecule has 0 spiro atoms. The van der Waals surface area contributed by atoms with E-state index in [-0.39, 0.29) is 5.97 Å². The van der Waals surface area contributed by atoms with Gasteiger partial charge in [0.25, 0.3) is 0 Å². The highest BCUT2D eigenvalue weighted by Crippen LogP contribution is 2.45. The number of nitrogens with one attached hydrogen (secondary N) is 1. The predicted octanol–water partition coefficient (Wildman–Crippen LogP) is 3.52. The Morgan fingerprint density at radius 2 is 1.79 bits per heavy atom. The molecule has 0 amide bonds. The molecule has 0 unspecified atom stereocenters. The standard InChI is InChI=1S/C16H31NO2/c1-6-19-14(18)8-7-9-17-13-10-15(2,3)12-16(4,5)11-13/h13,17H,6-12H2,1-5H3. The van der Waals surface area contributed by atoms with Crippen molar-refractivity contribution in [1.82, 2.24) is 5.32 Å². The van der Waals surface area contributed by atoms with Gasteiger partial charge in [0, 0.05) is 12.5 Å². The third-order valence-electron chi connectivity index (χ3n) is 3.85. The lowest BCUT2D eigenvalue weighted by Crippen LogP contribution is -2.44. The van der Waals surface area contributed by atoms with Crippen LogP contribution in [0.4, 0.5) is 0 Å². The number of carbonyl (C=O) groups excluding carboxylic acids is 1. The third-order valence-corrected chi connectivity index (χ3v) is 3.85. The number of hydrogen-bond acceptors (Lipinski definition) is 3. The van der Waals surface area contributed by atoms with Gasteiger partial charge in [-0.25, -0.2) is 0 Å². The second-order valence-corrected chi connectivity index (χ2v) is 7.47. The minimum Gasteiger partial charge on any atom is -0.466 e. The van der Waals surface area contributed by atoms with Crippen molar-refractivity contribution in [2.75, 3.05) is 13.2 Å². The molecule has 1 N–H and O–H groups in total. The molecule has 3 nitrogen and oxygen atoms in total. The molecule has 0 aliphatic heterocycles. The summed E-state index contributed by atoms with van der Waals surface area (Å²) < 4.78 is 4.93. The Labute approximate surface area is 118 Å². The first-order chi connectivity index (χ1) is 8.74. The molecular weight excluding hydrogens is 238 g/mol. The van der Waals surface area contributed by atoms with Crippen molar-refractivity contribution in [3.8, 4) is 0 Å². The Kier molecular flexibility index (Phi) is 5.84. The fraction of sp³-hybridized carbons (Fsp3) is 0.938. The van der Waals surface area contributed by atoms with Crippen molar-refractivity contribution in [2.45, 2.75) is 72.8 Å². The quantitative estimate of drug-likeness (QED) is 0.592. The monoisotopic (exact) mass is 269 g/mol. The summed E-state index contributed by atoms with van der Waals surface area (Å²) in [6.07, 6.45) is 5.16. The van der Waals surface area contributed by atoms with Crippen LogP contribution in [0.15, 0.2) is 0 Å². The number of rotatable bonds is 6. The first-order valence-electron chi connectivity index (χ1n) is 7.63. The van der Waals surface area contributed by atoms with E-state index < -0.39 is 0 Å². The highest BCUT2D eigenvalue weighted by molar-refractivity contribution is 5.69. The summed E-state index contributed by atoms with van der Waals surface area (Å²) in [7, 11) is 0. The van der Waals surface area contributed by atoms with E-state index in [1.807, 2.05) is 6.92 Å². The van der Waals surface area contributed by atoms with Crippen LogP contribution in [0.5, 0.6) is 0 Å². The van der Waals surface area contributed by atoms with Gasteiger partial charge in [0.05, 0.1) is 6.61 Å². The van der Waals surface area contributed by atoms with Crippen LogP contribution in [-0.2, 0) is 9.53 Å². The molecular formula is C16H31NO2. The summed E-state index contributed by atoms with van der Waals surface area (Å²) in [6.45, 7) is 12.7. The van der Waals surface area contributed by atoms with Crippen LogP contribution in [0.1, 0.15) is 66.7 Å². The molecule has 0 heterocycles. The van der Waals surface area contributed by atoms with Gasteiger partial charge < -0.3 is 10.1 Å². The number of carbonyl (C=O) groups is 1. The molecule has 0 aromatic rings. The Morgan fingerprint density at radius 3 is 2.32 bits per heavy atom. The van der Waals surface area contributed by atoms with Gasteiger partial charge in [-0.1, -0.05) is 27.7 Å². The third kappa shape index (κ3) is 6.42. The second-order valence-electron chi connectivity index (χ2n) is 7.47. The predicted molar refractivity (Wildman–Crippen MR) is 79.1 cm³/mol.